The summed E-state index contributed by atoms with van der Waals surface area (Å²) in [5, 5.41) is 2.91. The third-order valence-corrected chi connectivity index (χ3v) is 5.16. The van der Waals surface area contributed by atoms with E-state index in [2.05, 4.69) is 19.2 Å². The topological polar surface area (TPSA) is 67.9 Å². The largest absolute Gasteiger partial charge is 0.486 e. The first-order chi connectivity index (χ1) is 13.5. The first-order valence-corrected chi connectivity index (χ1v) is 9.62. The van der Waals surface area contributed by atoms with Gasteiger partial charge in [0, 0.05) is 30.4 Å². The van der Waals surface area contributed by atoms with Gasteiger partial charge in [0.15, 0.2) is 11.5 Å². The maximum absolute atomic E-state index is 12.8. The van der Waals surface area contributed by atoms with Crippen molar-refractivity contribution in [1.82, 2.24) is 0 Å². The summed E-state index contributed by atoms with van der Waals surface area (Å²) in [6.45, 7) is 5.61. The molecule has 1 atom stereocenters. The molecule has 2 aliphatic heterocycles. The van der Waals surface area contributed by atoms with Crippen molar-refractivity contribution in [3.63, 3.8) is 0 Å². The Hall–Kier alpha value is -3.02. The number of ether oxygens (including phenoxy) is 2. The first kappa shape index (κ1) is 18.3. The first-order valence-electron chi connectivity index (χ1n) is 9.62. The fourth-order valence-corrected chi connectivity index (χ4v) is 3.70. The average molecular weight is 380 g/mol. The third-order valence-electron chi connectivity index (χ3n) is 5.16. The molecule has 6 heteroatoms. The number of benzene rings is 2. The summed E-state index contributed by atoms with van der Waals surface area (Å²) in [4.78, 5) is 27.1. The lowest BCUT2D eigenvalue weighted by molar-refractivity contribution is -0.122. The summed E-state index contributed by atoms with van der Waals surface area (Å²) in [5.41, 5.74) is 2.66. The molecule has 28 heavy (non-hydrogen) atoms. The van der Waals surface area contributed by atoms with E-state index >= 15 is 0 Å². The van der Waals surface area contributed by atoms with Crippen LogP contribution in [0.4, 0.5) is 11.4 Å². The number of rotatable bonds is 4. The maximum Gasteiger partial charge on any atom is 0.229 e. The van der Waals surface area contributed by atoms with Crippen LogP contribution in [0.3, 0.4) is 0 Å². The fourth-order valence-electron chi connectivity index (χ4n) is 3.70. The molecular formula is C22H24N2O4. The molecule has 4 rings (SSSR count). The van der Waals surface area contributed by atoms with Gasteiger partial charge in [-0.05, 0) is 29.7 Å². The lowest BCUT2D eigenvalue weighted by Crippen LogP contribution is -2.29. The molecule has 1 saturated heterocycles. The number of hydrogen-bond donors (Lipinski definition) is 1. The zero-order valence-corrected chi connectivity index (χ0v) is 16.1. The number of hydrogen-bond acceptors (Lipinski definition) is 4. The minimum absolute atomic E-state index is 0.0181. The lowest BCUT2D eigenvalue weighted by atomic mass is 10.0. The fraction of sp³-hybridized carbons (Fsp3) is 0.364. The quantitative estimate of drug-likeness (QED) is 0.880. The van der Waals surface area contributed by atoms with E-state index in [1.807, 2.05) is 24.3 Å². The summed E-state index contributed by atoms with van der Waals surface area (Å²) in [6, 6.07) is 13.2. The van der Waals surface area contributed by atoms with Crippen LogP contribution < -0.4 is 19.7 Å². The summed E-state index contributed by atoms with van der Waals surface area (Å²) >= 11 is 0. The van der Waals surface area contributed by atoms with Crippen LogP contribution in [0, 0.1) is 5.92 Å². The molecule has 2 amide bonds. The second-order valence-electron chi connectivity index (χ2n) is 7.47. The Balaban J connectivity index is 1.48. The summed E-state index contributed by atoms with van der Waals surface area (Å²) in [6.07, 6.45) is 0.211. The zero-order valence-electron chi connectivity index (χ0n) is 16.1. The standard InChI is InChI=1S/C22H24N2O4/c1-14(2)17-5-3-4-6-18(17)24-13-15(11-21(24)25)22(26)23-16-7-8-19-20(12-16)28-10-9-27-19/h3-8,12,14-15H,9-11,13H2,1-2H3,(H,23,26). The minimum atomic E-state index is -0.388. The van der Waals surface area contributed by atoms with Crippen molar-refractivity contribution in [2.75, 3.05) is 30.0 Å². The van der Waals surface area contributed by atoms with E-state index in [0.29, 0.717) is 42.9 Å². The number of carbonyl (C=O) groups excluding carboxylic acids is 2. The van der Waals surface area contributed by atoms with Crippen molar-refractivity contribution in [2.24, 2.45) is 5.92 Å². The van der Waals surface area contributed by atoms with Crippen LogP contribution in [0.2, 0.25) is 0 Å². The predicted molar refractivity (Wildman–Crippen MR) is 107 cm³/mol. The van der Waals surface area contributed by atoms with Gasteiger partial charge in [-0.2, -0.15) is 0 Å². The van der Waals surface area contributed by atoms with E-state index < -0.39 is 0 Å². The van der Waals surface area contributed by atoms with E-state index in [4.69, 9.17) is 9.47 Å². The molecule has 0 bridgehead atoms. The molecule has 2 aliphatic rings. The van der Waals surface area contributed by atoms with Crippen LogP contribution in [0.25, 0.3) is 0 Å². The van der Waals surface area contributed by atoms with Crippen molar-refractivity contribution in [2.45, 2.75) is 26.2 Å². The van der Waals surface area contributed by atoms with E-state index in [0.717, 1.165) is 11.3 Å². The Morgan fingerprint density at radius 2 is 1.86 bits per heavy atom. The molecule has 2 aromatic rings. The highest BCUT2D eigenvalue weighted by molar-refractivity contribution is 6.04. The highest BCUT2D eigenvalue weighted by atomic mass is 16.6. The summed E-state index contributed by atoms with van der Waals surface area (Å²) < 4.78 is 11.1. The van der Waals surface area contributed by atoms with Crippen LogP contribution in [-0.2, 0) is 9.59 Å². The normalized spacial score (nSPS) is 18.5. The van der Waals surface area contributed by atoms with E-state index in [9.17, 15) is 9.59 Å². The van der Waals surface area contributed by atoms with Gasteiger partial charge in [-0.1, -0.05) is 32.0 Å². The van der Waals surface area contributed by atoms with Gasteiger partial charge in [-0.25, -0.2) is 0 Å². The molecule has 2 aromatic carbocycles. The van der Waals surface area contributed by atoms with Crippen molar-refractivity contribution >= 4 is 23.2 Å². The van der Waals surface area contributed by atoms with Gasteiger partial charge in [0.2, 0.25) is 11.8 Å². The molecule has 0 saturated carbocycles. The average Bonchev–Trinajstić information content (AvgIpc) is 3.09. The number of carbonyl (C=O) groups is 2. The van der Waals surface area contributed by atoms with Crippen LogP contribution in [0.5, 0.6) is 11.5 Å². The molecule has 0 radical (unpaired) electrons. The van der Waals surface area contributed by atoms with Gasteiger partial charge in [-0.3, -0.25) is 9.59 Å². The van der Waals surface area contributed by atoms with Crippen molar-refractivity contribution in [3.05, 3.63) is 48.0 Å². The number of nitrogens with one attached hydrogen (secondary N) is 1. The Bertz CT molecular complexity index is 909. The molecule has 6 nitrogen and oxygen atoms in total. The molecule has 146 valence electrons. The van der Waals surface area contributed by atoms with Gasteiger partial charge < -0.3 is 19.7 Å². The second-order valence-corrected chi connectivity index (χ2v) is 7.47. The van der Waals surface area contributed by atoms with Crippen molar-refractivity contribution in [1.29, 1.82) is 0 Å². The Morgan fingerprint density at radius 1 is 1.11 bits per heavy atom. The molecule has 1 fully saturated rings. The molecule has 0 spiro atoms. The van der Waals surface area contributed by atoms with Gasteiger partial charge in [0.05, 0.1) is 5.92 Å². The highest BCUT2D eigenvalue weighted by Crippen LogP contribution is 2.34. The number of fused-ring (bicyclic) bond motifs is 1. The number of amides is 2. The van der Waals surface area contributed by atoms with Gasteiger partial charge in [0.25, 0.3) is 0 Å². The van der Waals surface area contributed by atoms with Gasteiger partial charge in [0.1, 0.15) is 13.2 Å². The Labute approximate surface area is 164 Å². The monoisotopic (exact) mass is 380 g/mol. The van der Waals surface area contributed by atoms with Gasteiger partial charge >= 0.3 is 0 Å². The zero-order chi connectivity index (χ0) is 19.7. The van der Waals surface area contributed by atoms with Gasteiger partial charge in [-0.15, -0.1) is 0 Å². The van der Waals surface area contributed by atoms with Crippen LogP contribution in [0.1, 0.15) is 31.7 Å². The molecule has 1 unspecified atom stereocenters. The van der Waals surface area contributed by atoms with E-state index in [1.165, 1.54) is 0 Å². The SMILES string of the molecule is CC(C)c1ccccc1N1CC(C(=O)Nc2ccc3c(c2)OCCO3)CC1=O. The smallest absolute Gasteiger partial charge is 0.229 e. The number of anilines is 2. The van der Waals surface area contributed by atoms with Crippen LogP contribution >= 0.6 is 0 Å². The molecule has 2 heterocycles. The van der Waals surface area contributed by atoms with E-state index in [1.54, 1.807) is 23.1 Å². The number of nitrogens with zero attached hydrogens (tertiary/aromatic N) is 1. The predicted octanol–water partition coefficient (Wildman–Crippen LogP) is 3.57. The lowest BCUT2D eigenvalue weighted by Gasteiger charge is -2.22. The summed E-state index contributed by atoms with van der Waals surface area (Å²) in [7, 11) is 0. The molecule has 1 N–H and O–H groups in total. The van der Waals surface area contributed by atoms with Crippen molar-refractivity contribution < 1.29 is 19.1 Å². The number of para-hydroxylation sites is 1. The van der Waals surface area contributed by atoms with Crippen LogP contribution in [-0.4, -0.2) is 31.6 Å². The van der Waals surface area contributed by atoms with Crippen molar-refractivity contribution in [3.8, 4) is 11.5 Å². The molecule has 0 aliphatic carbocycles. The Kier molecular flexibility index (Phi) is 4.94. The molecular weight excluding hydrogens is 356 g/mol. The summed E-state index contributed by atoms with van der Waals surface area (Å²) in [5.74, 6) is 1.04. The Morgan fingerprint density at radius 3 is 2.64 bits per heavy atom. The second kappa shape index (κ2) is 7.54. The van der Waals surface area contributed by atoms with E-state index in [-0.39, 0.29) is 24.2 Å². The third kappa shape index (κ3) is 3.54. The highest BCUT2D eigenvalue weighted by Gasteiger charge is 2.36. The maximum atomic E-state index is 12.8. The molecule has 0 aromatic heterocycles. The van der Waals surface area contributed by atoms with Crippen LogP contribution in [0.15, 0.2) is 42.5 Å². The minimum Gasteiger partial charge on any atom is -0.486 e.